The third-order valence-corrected chi connectivity index (χ3v) is 4.85. The molecule has 1 aliphatic carbocycles. The van der Waals surface area contributed by atoms with Gasteiger partial charge in [-0.05, 0) is 45.2 Å². The second kappa shape index (κ2) is 10.7. The van der Waals surface area contributed by atoms with Gasteiger partial charge in [-0.2, -0.15) is 0 Å². The average molecular weight is 472 g/mol. The minimum atomic E-state index is 0. The molecule has 2 atom stereocenters. The number of benzene rings is 1. The summed E-state index contributed by atoms with van der Waals surface area (Å²) in [6.45, 7) is 10.8. The van der Waals surface area contributed by atoms with Gasteiger partial charge >= 0.3 is 0 Å². The van der Waals surface area contributed by atoms with Gasteiger partial charge in [-0.25, -0.2) is 0 Å². The van der Waals surface area contributed by atoms with Crippen molar-refractivity contribution in [3.05, 3.63) is 35.4 Å². The van der Waals surface area contributed by atoms with Crippen LogP contribution in [0, 0.1) is 6.92 Å². The molecule has 2 rings (SSSR count). The van der Waals surface area contributed by atoms with Crippen LogP contribution in [0.5, 0.6) is 0 Å². The van der Waals surface area contributed by atoms with E-state index in [1.807, 2.05) is 37.6 Å². The third-order valence-electron chi connectivity index (χ3n) is 4.85. The Morgan fingerprint density at radius 2 is 1.88 bits per heavy atom. The van der Waals surface area contributed by atoms with Gasteiger partial charge in [0, 0.05) is 38.6 Å². The standard InChI is InChI=1S/C20H32N4O.HI/c1-6-21-20(23(5)14-19(25)24(7-2)8-3)22-18-13-17(18)16-12-10-9-11-15(16)4;/h9-12,17-18H,6-8,13-14H2,1-5H3,(H,21,22);1H. The third kappa shape index (κ3) is 5.86. The molecular formula is C20H33IN4O. The molecular weight excluding hydrogens is 439 g/mol. The summed E-state index contributed by atoms with van der Waals surface area (Å²) in [6.07, 6.45) is 1.12. The van der Waals surface area contributed by atoms with Crippen molar-refractivity contribution in [2.24, 2.45) is 4.99 Å². The first-order chi connectivity index (χ1) is 12.0. The SMILES string of the molecule is CCN=C(NC1CC1c1ccccc1C)N(C)CC(=O)N(CC)CC.I. The molecule has 1 saturated carbocycles. The average Bonchev–Trinajstić information content (AvgIpc) is 3.35. The lowest BCUT2D eigenvalue weighted by molar-refractivity contribution is -0.131. The van der Waals surface area contributed by atoms with E-state index in [2.05, 4.69) is 41.5 Å². The Morgan fingerprint density at radius 1 is 1.23 bits per heavy atom. The fraction of sp³-hybridized carbons (Fsp3) is 0.600. The van der Waals surface area contributed by atoms with Gasteiger partial charge < -0.3 is 15.1 Å². The predicted molar refractivity (Wildman–Crippen MR) is 119 cm³/mol. The number of aliphatic imine (C=N–C) groups is 1. The van der Waals surface area contributed by atoms with Crippen LogP contribution in [0.2, 0.25) is 0 Å². The van der Waals surface area contributed by atoms with Gasteiger partial charge in [-0.15, -0.1) is 24.0 Å². The molecule has 146 valence electrons. The van der Waals surface area contributed by atoms with Crippen molar-refractivity contribution in [3.63, 3.8) is 0 Å². The largest absolute Gasteiger partial charge is 0.353 e. The highest BCUT2D eigenvalue weighted by Crippen LogP contribution is 2.42. The van der Waals surface area contributed by atoms with Crippen LogP contribution in [0.15, 0.2) is 29.3 Å². The van der Waals surface area contributed by atoms with Crippen molar-refractivity contribution in [2.75, 3.05) is 33.2 Å². The van der Waals surface area contributed by atoms with Gasteiger partial charge in [0.15, 0.2) is 5.96 Å². The van der Waals surface area contributed by atoms with E-state index in [1.54, 1.807) is 0 Å². The minimum Gasteiger partial charge on any atom is -0.353 e. The molecule has 1 N–H and O–H groups in total. The van der Waals surface area contributed by atoms with Gasteiger partial charge in [0.25, 0.3) is 0 Å². The summed E-state index contributed by atoms with van der Waals surface area (Å²) in [5, 5.41) is 3.55. The maximum absolute atomic E-state index is 12.4. The Morgan fingerprint density at radius 3 is 2.46 bits per heavy atom. The molecule has 1 aliphatic rings. The number of aryl methyl sites for hydroxylation is 1. The molecule has 1 amide bonds. The van der Waals surface area contributed by atoms with Crippen molar-refractivity contribution in [3.8, 4) is 0 Å². The monoisotopic (exact) mass is 472 g/mol. The molecule has 0 saturated heterocycles. The number of hydrogen-bond acceptors (Lipinski definition) is 2. The quantitative estimate of drug-likeness (QED) is 0.377. The van der Waals surface area contributed by atoms with E-state index in [0.717, 1.165) is 25.5 Å². The molecule has 1 fully saturated rings. The Balaban J connectivity index is 0.00000338. The fourth-order valence-electron chi connectivity index (χ4n) is 3.25. The molecule has 0 spiro atoms. The molecule has 2 unspecified atom stereocenters. The van der Waals surface area contributed by atoms with Gasteiger partial charge in [-0.1, -0.05) is 24.3 Å². The number of amides is 1. The summed E-state index contributed by atoms with van der Waals surface area (Å²) < 4.78 is 0. The zero-order valence-electron chi connectivity index (χ0n) is 16.7. The molecule has 0 radical (unpaired) electrons. The van der Waals surface area contributed by atoms with Gasteiger partial charge in [0.1, 0.15) is 0 Å². The van der Waals surface area contributed by atoms with Gasteiger partial charge in [0.2, 0.25) is 5.91 Å². The lowest BCUT2D eigenvalue weighted by Gasteiger charge is -2.26. The summed E-state index contributed by atoms with van der Waals surface area (Å²) >= 11 is 0. The lowest BCUT2D eigenvalue weighted by atomic mass is 10.0. The highest BCUT2D eigenvalue weighted by Gasteiger charge is 2.40. The molecule has 26 heavy (non-hydrogen) atoms. The number of likely N-dealkylation sites (N-methyl/N-ethyl adjacent to an activating group) is 2. The second-order valence-electron chi connectivity index (χ2n) is 6.67. The van der Waals surface area contributed by atoms with Crippen molar-refractivity contribution >= 4 is 35.8 Å². The van der Waals surface area contributed by atoms with Crippen LogP contribution in [0.3, 0.4) is 0 Å². The van der Waals surface area contributed by atoms with E-state index in [1.165, 1.54) is 11.1 Å². The molecule has 6 heteroatoms. The summed E-state index contributed by atoms with van der Waals surface area (Å²) in [7, 11) is 1.94. The lowest BCUT2D eigenvalue weighted by Crippen LogP contribution is -2.46. The number of carbonyl (C=O) groups is 1. The number of rotatable bonds is 7. The van der Waals surface area contributed by atoms with E-state index in [0.29, 0.717) is 25.0 Å². The molecule has 1 aromatic carbocycles. The number of guanidine groups is 1. The maximum atomic E-state index is 12.4. The van der Waals surface area contributed by atoms with Crippen LogP contribution in [-0.4, -0.2) is 60.9 Å². The minimum absolute atomic E-state index is 0. The number of nitrogens with one attached hydrogen (secondary N) is 1. The van der Waals surface area contributed by atoms with Crippen LogP contribution in [0.4, 0.5) is 0 Å². The highest BCUT2D eigenvalue weighted by molar-refractivity contribution is 14.0. The Kier molecular flexibility index (Phi) is 9.39. The van der Waals surface area contributed by atoms with Gasteiger partial charge in [0.05, 0.1) is 6.54 Å². The molecule has 0 heterocycles. The zero-order chi connectivity index (χ0) is 18.4. The normalized spacial score (nSPS) is 18.7. The number of hydrogen-bond donors (Lipinski definition) is 1. The van der Waals surface area contributed by atoms with E-state index in [9.17, 15) is 4.79 Å². The number of carbonyl (C=O) groups excluding carboxylic acids is 1. The molecule has 5 nitrogen and oxygen atoms in total. The zero-order valence-corrected chi connectivity index (χ0v) is 19.0. The van der Waals surface area contributed by atoms with Crippen LogP contribution in [0.1, 0.15) is 44.2 Å². The van der Waals surface area contributed by atoms with E-state index in [-0.39, 0.29) is 29.9 Å². The Hall–Kier alpha value is -1.31. The van der Waals surface area contributed by atoms with E-state index < -0.39 is 0 Å². The summed E-state index contributed by atoms with van der Waals surface area (Å²) in [5.74, 6) is 1.50. The Labute approximate surface area is 175 Å². The van der Waals surface area contributed by atoms with Crippen molar-refractivity contribution in [1.29, 1.82) is 0 Å². The van der Waals surface area contributed by atoms with Crippen LogP contribution in [0.25, 0.3) is 0 Å². The molecule has 0 aliphatic heterocycles. The van der Waals surface area contributed by atoms with E-state index in [4.69, 9.17) is 0 Å². The van der Waals surface area contributed by atoms with Crippen LogP contribution < -0.4 is 5.32 Å². The fourth-order valence-corrected chi connectivity index (χ4v) is 3.25. The second-order valence-corrected chi connectivity index (χ2v) is 6.67. The van der Waals surface area contributed by atoms with E-state index >= 15 is 0 Å². The summed E-state index contributed by atoms with van der Waals surface area (Å²) in [4.78, 5) is 20.7. The van der Waals surface area contributed by atoms with Crippen molar-refractivity contribution in [2.45, 2.75) is 46.1 Å². The first-order valence-electron chi connectivity index (χ1n) is 9.37. The van der Waals surface area contributed by atoms with Crippen LogP contribution >= 0.6 is 24.0 Å². The first kappa shape index (κ1) is 22.7. The van der Waals surface area contributed by atoms with Crippen LogP contribution in [-0.2, 0) is 4.79 Å². The van der Waals surface area contributed by atoms with Crippen molar-refractivity contribution < 1.29 is 4.79 Å². The summed E-state index contributed by atoms with van der Waals surface area (Å²) in [5.41, 5.74) is 2.76. The predicted octanol–water partition coefficient (Wildman–Crippen LogP) is 3.23. The Bertz CT molecular complexity index is 616. The number of nitrogens with zero attached hydrogens (tertiary/aromatic N) is 3. The first-order valence-corrected chi connectivity index (χ1v) is 9.37. The van der Waals surface area contributed by atoms with Gasteiger partial charge in [-0.3, -0.25) is 9.79 Å². The summed E-state index contributed by atoms with van der Waals surface area (Å²) in [6, 6.07) is 8.97. The van der Waals surface area contributed by atoms with Crippen molar-refractivity contribution in [1.82, 2.24) is 15.1 Å². The highest BCUT2D eigenvalue weighted by atomic mass is 127. The number of halogens is 1. The smallest absolute Gasteiger partial charge is 0.242 e. The molecule has 0 bridgehead atoms. The maximum Gasteiger partial charge on any atom is 0.242 e. The topological polar surface area (TPSA) is 47.9 Å². The molecule has 1 aromatic rings. The molecule has 0 aromatic heterocycles.